The Balaban J connectivity index is 1.45. The molecule has 1 N–H and O–H groups in total. The van der Waals surface area contributed by atoms with Crippen molar-refractivity contribution >= 4 is 5.91 Å². The molecule has 0 unspecified atom stereocenters. The molecule has 1 saturated carbocycles. The van der Waals surface area contributed by atoms with Crippen LogP contribution in [0, 0.1) is 5.92 Å². The van der Waals surface area contributed by atoms with E-state index in [4.69, 9.17) is 9.15 Å². The van der Waals surface area contributed by atoms with E-state index in [-0.39, 0.29) is 5.91 Å². The second-order valence-corrected chi connectivity index (χ2v) is 6.07. The highest BCUT2D eigenvalue weighted by atomic mass is 16.5. The fraction of sp³-hybridized carbons (Fsp3) is 0.444. The molecule has 0 radical (unpaired) electrons. The molecule has 2 aromatic heterocycles. The zero-order chi connectivity index (χ0) is 16.2. The molecular formula is C18H22N2O3. The summed E-state index contributed by atoms with van der Waals surface area (Å²) in [6.45, 7) is 2.64. The van der Waals surface area contributed by atoms with E-state index in [1.54, 1.807) is 13.3 Å². The van der Waals surface area contributed by atoms with Crippen LogP contribution in [0.25, 0.3) is 0 Å². The van der Waals surface area contributed by atoms with E-state index in [2.05, 4.69) is 17.2 Å². The maximum absolute atomic E-state index is 12.0. The van der Waals surface area contributed by atoms with Crippen LogP contribution in [0.5, 0.6) is 5.88 Å². The molecule has 2 aromatic rings. The Morgan fingerprint density at radius 3 is 3.00 bits per heavy atom. The van der Waals surface area contributed by atoms with Gasteiger partial charge in [0.1, 0.15) is 11.5 Å². The minimum atomic E-state index is -0.00588. The van der Waals surface area contributed by atoms with Crippen LogP contribution >= 0.6 is 0 Å². The van der Waals surface area contributed by atoms with Crippen molar-refractivity contribution in [3.8, 4) is 5.88 Å². The fourth-order valence-electron chi connectivity index (χ4n) is 2.71. The zero-order valence-electron chi connectivity index (χ0n) is 13.5. The van der Waals surface area contributed by atoms with Gasteiger partial charge in [-0.25, -0.2) is 4.98 Å². The van der Waals surface area contributed by atoms with Gasteiger partial charge >= 0.3 is 0 Å². The van der Waals surface area contributed by atoms with Gasteiger partial charge in [0.15, 0.2) is 0 Å². The Kier molecular flexibility index (Phi) is 4.65. The monoisotopic (exact) mass is 314 g/mol. The second kappa shape index (κ2) is 6.86. The van der Waals surface area contributed by atoms with Gasteiger partial charge < -0.3 is 14.5 Å². The van der Waals surface area contributed by atoms with Crippen LogP contribution in [0.2, 0.25) is 0 Å². The first-order chi connectivity index (χ1) is 11.2. The number of hydrogen-bond acceptors (Lipinski definition) is 4. The van der Waals surface area contributed by atoms with Crippen LogP contribution in [0.3, 0.4) is 0 Å². The fourth-order valence-corrected chi connectivity index (χ4v) is 2.71. The lowest BCUT2D eigenvalue weighted by atomic mass is 10.2. The molecule has 23 heavy (non-hydrogen) atoms. The molecule has 0 bridgehead atoms. The first-order valence-corrected chi connectivity index (χ1v) is 8.00. The van der Waals surface area contributed by atoms with E-state index >= 15 is 0 Å². The average Bonchev–Trinajstić information content (AvgIpc) is 3.11. The molecule has 0 spiro atoms. The van der Waals surface area contributed by atoms with E-state index in [0.29, 0.717) is 31.2 Å². The van der Waals surface area contributed by atoms with Crippen molar-refractivity contribution in [2.75, 3.05) is 7.11 Å². The van der Waals surface area contributed by atoms with Crippen molar-refractivity contribution in [2.45, 2.75) is 38.6 Å². The summed E-state index contributed by atoms with van der Waals surface area (Å²) < 4.78 is 11.0. The van der Waals surface area contributed by atoms with Gasteiger partial charge in [-0.05, 0) is 30.5 Å². The van der Waals surface area contributed by atoms with Crippen molar-refractivity contribution < 1.29 is 13.9 Å². The molecule has 5 nitrogen and oxygen atoms in total. The summed E-state index contributed by atoms with van der Waals surface area (Å²) in [4.78, 5) is 16.1. The van der Waals surface area contributed by atoms with Crippen LogP contribution < -0.4 is 10.1 Å². The number of nitrogens with one attached hydrogen (secondary N) is 1. The number of furan rings is 1. The molecule has 1 fully saturated rings. The summed E-state index contributed by atoms with van der Waals surface area (Å²) in [6, 6.07) is 7.74. The molecule has 1 aliphatic carbocycles. The van der Waals surface area contributed by atoms with Gasteiger partial charge in [0.25, 0.3) is 0 Å². The van der Waals surface area contributed by atoms with E-state index in [9.17, 15) is 4.79 Å². The molecule has 2 atom stereocenters. The van der Waals surface area contributed by atoms with E-state index in [1.807, 2.05) is 24.3 Å². The first kappa shape index (κ1) is 15.6. The van der Waals surface area contributed by atoms with Gasteiger partial charge in [-0.3, -0.25) is 4.79 Å². The summed E-state index contributed by atoms with van der Waals surface area (Å²) in [5, 5.41) is 2.89. The van der Waals surface area contributed by atoms with Gasteiger partial charge in [-0.2, -0.15) is 0 Å². The number of aryl methyl sites for hydroxylation is 1. The molecule has 3 rings (SSSR count). The Hall–Kier alpha value is -2.30. The van der Waals surface area contributed by atoms with Crippen molar-refractivity contribution in [3.63, 3.8) is 0 Å². The van der Waals surface area contributed by atoms with E-state index in [1.165, 1.54) is 6.42 Å². The second-order valence-electron chi connectivity index (χ2n) is 6.07. The van der Waals surface area contributed by atoms with Crippen molar-refractivity contribution in [1.82, 2.24) is 10.3 Å². The van der Waals surface area contributed by atoms with Crippen molar-refractivity contribution in [1.29, 1.82) is 0 Å². The van der Waals surface area contributed by atoms with Crippen molar-refractivity contribution in [2.24, 2.45) is 5.92 Å². The molecule has 5 heteroatoms. The Morgan fingerprint density at radius 1 is 1.43 bits per heavy atom. The number of rotatable bonds is 7. The standard InChI is InChI=1S/C18H22N2O3/c1-12-10-15(12)16-7-5-14(23-16)6-8-17(21)20-11-13-4-3-9-19-18(13)22-2/h3-5,7,9,12,15H,6,8,10-11H2,1-2H3,(H,20,21)/t12-,15-/m0/s1. The topological polar surface area (TPSA) is 64.4 Å². The number of carbonyl (C=O) groups is 1. The molecule has 0 aliphatic heterocycles. The third-order valence-corrected chi connectivity index (χ3v) is 4.28. The van der Waals surface area contributed by atoms with Crippen LogP contribution in [-0.4, -0.2) is 18.0 Å². The van der Waals surface area contributed by atoms with Gasteiger partial charge in [-0.1, -0.05) is 13.0 Å². The van der Waals surface area contributed by atoms with Crippen LogP contribution in [-0.2, 0) is 17.8 Å². The third kappa shape index (κ3) is 3.92. The number of nitrogens with zero attached hydrogens (tertiary/aromatic N) is 1. The number of methoxy groups -OCH3 is 1. The average molecular weight is 314 g/mol. The maximum atomic E-state index is 12.0. The van der Waals surface area contributed by atoms with Crippen LogP contribution in [0.15, 0.2) is 34.9 Å². The largest absolute Gasteiger partial charge is 0.481 e. The zero-order valence-corrected chi connectivity index (χ0v) is 13.5. The predicted molar refractivity (Wildman–Crippen MR) is 86.2 cm³/mol. The van der Waals surface area contributed by atoms with Crippen molar-refractivity contribution in [3.05, 3.63) is 47.5 Å². The minimum absolute atomic E-state index is 0.00588. The summed E-state index contributed by atoms with van der Waals surface area (Å²) in [7, 11) is 1.57. The Bertz CT molecular complexity index is 680. The van der Waals surface area contributed by atoms with Gasteiger partial charge in [0, 0.05) is 37.1 Å². The van der Waals surface area contributed by atoms with Gasteiger partial charge in [-0.15, -0.1) is 0 Å². The SMILES string of the molecule is COc1ncccc1CNC(=O)CCc1ccc([C@H]2C[C@@H]2C)o1. The predicted octanol–water partition coefficient (Wildman–Crippen LogP) is 3.06. The Morgan fingerprint density at radius 2 is 2.26 bits per heavy atom. The quantitative estimate of drug-likeness (QED) is 0.853. The molecular weight excluding hydrogens is 292 g/mol. The van der Waals surface area contributed by atoms with Crippen LogP contribution in [0.4, 0.5) is 0 Å². The molecule has 1 aliphatic rings. The number of amides is 1. The normalized spacial score (nSPS) is 19.4. The summed E-state index contributed by atoms with van der Waals surface area (Å²) in [6.07, 6.45) is 3.91. The van der Waals surface area contributed by atoms with E-state index < -0.39 is 0 Å². The molecule has 2 heterocycles. The van der Waals surface area contributed by atoms with E-state index in [0.717, 1.165) is 23.0 Å². The highest BCUT2D eigenvalue weighted by Gasteiger charge is 2.36. The summed E-state index contributed by atoms with van der Waals surface area (Å²) >= 11 is 0. The molecule has 0 aromatic carbocycles. The number of ether oxygens (including phenoxy) is 1. The molecule has 122 valence electrons. The lowest BCUT2D eigenvalue weighted by Gasteiger charge is -2.08. The highest BCUT2D eigenvalue weighted by molar-refractivity contribution is 5.76. The van der Waals surface area contributed by atoms with Gasteiger partial charge in [0.05, 0.1) is 7.11 Å². The van der Waals surface area contributed by atoms with Gasteiger partial charge in [0.2, 0.25) is 11.8 Å². The molecule has 0 saturated heterocycles. The molecule has 1 amide bonds. The number of aromatic nitrogens is 1. The maximum Gasteiger partial charge on any atom is 0.220 e. The number of carbonyl (C=O) groups excluding carboxylic acids is 1. The number of hydrogen-bond donors (Lipinski definition) is 1. The first-order valence-electron chi connectivity index (χ1n) is 8.00. The number of pyridine rings is 1. The minimum Gasteiger partial charge on any atom is -0.481 e. The highest BCUT2D eigenvalue weighted by Crippen LogP contribution is 2.47. The third-order valence-electron chi connectivity index (χ3n) is 4.28. The Labute approximate surface area is 136 Å². The smallest absolute Gasteiger partial charge is 0.220 e. The summed E-state index contributed by atoms with van der Waals surface area (Å²) in [5.74, 6) is 3.79. The lowest BCUT2D eigenvalue weighted by molar-refractivity contribution is -0.121. The summed E-state index contributed by atoms with van der Waals surface area (Å²) in [5.41, 5.74) is 0.867. The van der Waals surface area contributed by atoms with Crippen LogP contribution in [0.1, 0.15) is 42.8 Å². The lowest BCUT2D eigenvalue weighted by Crippen LogP contribution is -2.23.